The number of carbonyl (C=O) groups excluding carboxylic acids is 2. The molecule has 51 heavy (non-hydrogen) atoms. The SMILES string of the molecule is COC(=O)C(Cc1ccccc1)NC(=O)NCc1ccccc1-c1ccc(C2OC(CN3CCCCC3)C(C)C(c3ccc(CO)cc3)O2)cc1. The van der Waals surface area contributed by atoms with Crippen LogP contribution in [0.4, 0.5) is 4.79 Å². The number of hydrogen-bond donors (Lipinski definition) is 3. The van der Waals surface area contributed by atoms with Crippen LogP contribution in [0.2, 0.25) is 0 Å². The van der Waals surface area contributed by atoms with Gasteiger partial charge in [-0.25, -0.2) is 9.59 Å². The molecule has 2 fully saturated rings. The third-order valence-electron chi connectivity index (χ3n) is 10.0. The summed E-state index contributed by atoms with van der Waals surface area (Å²) in [6.45, 7) is 5.54. The standard InChI is InChI=1S/C42H49N3O6/c1-29-38(27-45-23-9-4-10-24-45)50-41(51-39(29)33-17-15-31(28-46)16-18-33)34-21-19-32(20-22-34)36-14-8-7-13-35(36)26-43-42(48)44-37(40(47)49-2)25-30-11-5-3-6-12-30/h3,5-8,11-22,29,37-39,41,46H,4,9-10,23-28H2,1-2H3,(H2,43,44,48). The molecule has 0 aromatic heterocycles. The van der Waals surface area contributed by atoms with Gasteiger partial charge in [0.05, 0.1) is 25.9 Å². The summed E-state index contributed by atoms with van der Waals surface area (Å²) in [5, 5.41) is 15.3. The Labute approximate surface area is 300 Å². The van der Waals surface area contributed by atoms with Crippen molar-refractivity contribution in [3.8, 4) is 11.1 Å². The average Bonchev–Trinajstić information content (AvgIpc) is 3.18. The number of methoxy groups -OCH3 is 1. The van der Waals surface area contributed by atoms with E-state index in [1.54, 1.807) is 0 Å². The van der Waals surface area contributed by atoms with Crippen molar-refractivity contribution in [3.63, 3.8) is 0 Å². The molecule has 2 aliphatic rings. The minimum absolute atomic E-state index is 0.00605. The monoisotopic (exact) mass is 691 g/mol. The molecule has 2 saturated heterocycles. The fraction of sp³-hybridized carbons (Fsp3) is 0.381. The zero-order valence-electron chi connectivity index (χ0n) is 29.5. The molecule has 2 amide bonds. The van der Waals surface area contributed by atoms with E-state index in [4.69, 9.17) is 14.2 Å². The van der Waals surface area contributed by atoms with E-state index in [1.165, 1.54) is 26.4 Å². The highest BCUT2D eigenvalue weighted by atomic mass is 16.7. The molecule has 0 bridgehead atoms. The van der Waals surface area contributed by atoms with E-state index in [9.17, 15) is 14.7 Å². The molecule has 3 N–H and O–H groups in total. The Morgan fingerprint density at radius 3 is 2.24 bits per heavy atom. The number of piperidine rings is 1. The predicted octanol–water partition coefficient (Wildman–Crippen LogP) is 6.71. The van der Waals surface area contributed by atoms with Crippen molar-refractivity contribution in [2.45, 2.75) is 70.3 Å². The van der Waals surface area contributed by atoms with E-state index in [-0.39, 0.29) is 31.3 Å². The summed E-state index contributed by atoms with van der Waals surface area (Å²) in [5.74, 6) is -0.362. The number of amides is 2. The number of nitrogens with one attached hydrogen (secondary N) is 2. The van der Waals surface area contributed by atoms with Crippen LogP contribution in [0.3, 0.4) is 0 Å². The van der Waals surface area contributed by atoms with Gasteiger partial charge in [0.25, 0.3) is 0 Å². The highest BCUT2D eigenvalue weighted by molar-refractivity contribution is 5.84. The number of aliphatic hydroxyl groups is 1. The van der Waals surface area contributed by atoms with Crippen LogP contribution in [0.25, 0.3) is 11.1 Å². The van der Waals surface area contributed by atoms with Gasteiger partial charge in [0, 0.05) is 31.0 Å². The molecule has 0 aliphatic carbocycles. The summed E-state index contributed by atoms with van der Waals surface area (Å²) in [4.78, 5) is 27.9. The zero-order chi connectivity index (χ0) is 35.6. The van der Waals surface area contributed by atoms with Crippen LogP contribution < -0.4 is 10.6 Å². The number of carbonyl (C=O) groups is 2. The van der Waals surface area contributed by atoms with Gasteiger partial charge in [-0.2, -0.15) is 0 Å². The number of nitrogens with zero attached hydrogens (tertiary/aromatic N) is 1. The minimum Gasteiger partial charge on any atom is -0.467 e. The normalized spacial score (nSPS) is 21.4. The fourth-order valence-corrected chi connectivity index (χ4v) is 7.07. The van der Waals surface area contributed by atoms with Gasteiger partial charge in [-0.1, -0.05) is 116 Å². The molecule has 5 unspecified atom stereocenters. The third-order valence-corrected chi connectivity index (χ3v) is 10.0. The van der Waals surface area contributed by atoms with E-state index in [0.717, 1.165) is 58.6 Å². The highest BCUT2D eigenvalue weighted by Crippen LogP contribution is 2.42. The number of aliphatic hydroxyl groups excluding tert-OH is 1. The topological polar surface area (TPSA) is 109 Å². The molecule has 6 rings (SSSR count). The molecule has 9 heteroatoms. The van der Waals surface area contributed by atoms with Crippen molar-refractivity contribution >= 4 is 12.0 Å². The lowest BCUT2D eigenvalue weighted by Gasteiger charge is -2.43. The first-order valence-corrected chi connectivity index (χ1v) is 18.0. The van der Waals surface area contributed by atoms with Crippen LogP contribution in [0.5, 0.6) is 0 Å². The molecule has 268 valence electrons. The van der Waals surface area contributed by atoms with Crippen LogP contribution in [0.15, 0.2) is 103 Å². The summed E-state index contributed by atoms with van der Waals surface area (Å²) in [7, 11) is 1.32. The molecule has 0 spiro atoms. The van der Waals surface area contributed by atoms with Gasteiger partial charge in [-0.05, 0) is 59.3 Å². The van der Waals surface area contributed by atoms with Crippen LogP contribution in [0.1, 0.15) is 66.4 Å². The Balaban J connectivity index is 1.15. The van der Waals surface area contributed by atoms with Gasteiger partial charge in [-0.15, -0.1) is 0 Å². The van der Waals surface area contributed by atoms with Crippen molar-refractivity contribution < 1.29 is 28.9 Å². The smallest absolute Gasteiger partial charge is 0.328 e. The van der Waals surface area contributed by atoms with Crippen molar-refractivity contribution in [3.05, 3.63) is 131 Å². The van der Waals surface area contributed by atoms with E-state index >= 15 is 0 Å². The maximum Gasteiger partial charge on any atom is 0.328 e. The zero-order valence-corrected chi connectivity index (χ0v) is 29.5. The van der Waals surface area contributed by atoms with E-state index in [2.05, 4.69) is 58.9 Å². The first kappa shape index (κ1) is 36.3. The van der Waals surface area contributed by atoms with Crippen LogP contribution in [-0.2, 0) is 38.6 Å². The Morgan fingerprint density at radius 2 is 1.53 bits per heavy atom. The molecule has 0 radical (unpaired) electrons. The maximum absolute atomic E-state index is 13.0. The summed E-state index contributed by atoms with van der Waals surface area (Å²) in [6, 6.07) is 32.5. The lowest BCUT2D eigenvalue weighted by Crippen LogP contribution is -2.47. The van der Waals surface area contributed by atoms with E-state index < -0.39 is 24.3 Å². The molecule has 9 nitrogen and oxygen atoms in total. The summed E-state index contributed by atoms with van der Waals surface area (Å²) in [5.41, 5.74) is 6.74. The second kappa shape index (κ2) is 17.6. The number of likely N-dealkylation sites (tertiary alicyclic amines) is 1. The third kappa shape index (κ3) is 9.42. The lowest BCUT2D eigenvalue weighted by molar-refractivity contribution is -0.276. The molecule has 2 heterocycles. The van der Waals surface area contributed by atoms with Crippen LogP contribution >= 0.6 is 0 Å². The number of rotatable bonds is 12. The number of hydrogen-bond acceptors (Lipinski definition) is 7. The van der Waals surface area contributed by atoms with E-state index in [0.29, 0.717) is 6.42 Å². The van der Waals surface area contributed by atoms with Gasteiger partial charge < -0.3 is 34.9 Å². The minimum atomic E-state index is -0.814. The first-order valence-electron chi connectivity index (χ1n) is 18.0. The van der Waals surface area contributed by atoms with Gasteiger partial charge in [-0.3, -0.25) is 0 Å². The van der Waals surface area contributed by atoms with Crippen molar-refractivity contribution in [1.29, 1.82) is 0 Å². The highest BCUT2D eigenvalue weighted by Gasteiger charge is 2.39. The molecular weight excluding hydrogens is 642 g/mol. The Hall–Kier alpha value is -4.54. The summed E-state index contributed by atoms with van der Waals surface area (Å²) < 4.78 is 18.4. The molecule has 4 aromatic carbocycles. The Bertz CT molecular complexity index is 1710. The number of ether oxygens (including phenoxy) is 3. The molecule has 4 aromatic rings. The van der Waals surface area contributed by atoms with Crippen molar-refractivity contribution in [2.24, 2.45) is 5.92 Å². The predicted molar refractivity (Wildman–Crippen MR) is 196 cm³/mol. The van der Waals surface area contributed by atoms with Crippen LogP contribution in [-0.4, -0.2) is 60.9 Å². The summed E-state index contributed by atoms with van der Waals surface area (Å²) in [6.07, 6.45) is 3.35. The Kier molecular flexibility index (Phi) is 12.5. The number of esters is 1. The van der Waals surface area contributed by atoms with Gasteiger partial charge in [0.2, 0.25) is 0 Å². The average molecular weight is 692 g/mol. The quantitative estimate of drug-likeness (QED) is 0.142. The second-order valence-electron chi connectivity index (χ2n) is 13.6. The molecule has 5 atom stereocenters. The fourth-order valence-electron chi connectivity index (χ4n) is 7.07. The van der Waals surface area contributed by atoms with Crippen molar-refractivity contribution in [1.82, 2.24) is 15.5 Å². The Morgan fingerprint density at radius 1 is 0.843 bits per heavy atom. The first-order chi connectivity index (χ1) is 24.9. The summed E-state index contributed by atoms with van der Waals surface area (Å²) >= 11 is 0. The van der Waals surface area contributed by atoms with Gasteiger partial charge in [0.15, 0.2) is 6.29 Å². The van der Waals surface area contributed by atoms with E-state index in [1.807, 2.05) is 66.7 Å². The van der Waals surface area contributed by atoms with Crippen molar-refractivity contribution in [2.75, 3.05) is 26.7 Å². The van der Waals surface area contributed by atoms with Crippen LogP contribution in [0, 0.1) is 5.92 Å². The van der Waals surface area contributed by atoms with Gasteiger partial charge >= 0.3 is 12.0 Å². The number of benzene rings is 4. The maximum atomic E-state index is 13.0. The molecule has 2 aliphatic heterocycles. The number of urea groups is 1. The second-order valence-corrected chi connectivity index (χ2v) is 13.6. The van der Waals surface area contributed by atoms with Gasteiger partial charge in [0.1, 0.15) is 6.04 Å². The lowest BCUT2D eigenvalue weighted by atomic mass is 9.89. The largest absolute Gasteiger partial charge is 0.467 e. The molecular formula is C42H49N3O6. The molecule has 0 saturated carbocycles.